The van der Waals surface area contributed by atoms with Crippen LogP contribution < -0.4 is 0 Å². The highest BCUT2D eigenvalue weighted by molar-refractivity contribution is 6.31. The first-order valence-electron chi connectivity index (χ1n) is 13.5. The maximum Gasteiger partial charge on any atom is 0.0406 e. The summed E-state index contributed by atoms with van der Waals surface area (Å²) in [6, 6.07) is 44.2. The van der Waals surface area contributed by atoms with Gasteiger partial charge in [-0.05, 0) is 94.9 Å². The predicted octanol–water partition coefficient (Wildman–Crippen LogP) is 11.5. The fourth-order valence-electron chi connectivity index (χ4n) is 5.93. The normalized spacial score (nSPS) is 12.1. The third-order valence-corrected chi connectivity index (χ3v) is 8.29. The highest BCUT2D eigenvalue weighted by Gasteiger charge is 2.20. The zero-order chi connectivity index (χ0) is 26.7. The molecule has 7 rings (SSSR count). The molecule has 7 aromatic carbocycles. The molecular formula is C38H29Cl. The van der Waals surface area contributed by atoms with Crippen molar-refractivity contribution < 1.29 is 0 Å². The monoisotopic (exact) mass is 520 g/mol. The van der Waals surface area contributed by atoms with Crippen molar-refractivity contribution in [1.82, 2.24) is 0 Å². The Morgan fingerprint density at radius 3 is 1.49 bits per heavy atom. The summed E-state index contributed by atoms with van der Waals surface area (Å²) < 4.78 is 0. The minimum Gasteiger partial charge on any atom is -0.0843 e. The molecule has 0 aliphatic carbocycles. The second-order valence-electron chi connectivity index (χ2n) is 11.6. The molecular weight excluding hydrogens is 492 g/mol. The third-order valence-electron chi connectivity index (χ3n) is 8.04. The van der Waals surface area contributed by atoms with Crippen molar-refractivity contribution in [3.05, 3.63) is 132 Å². The van der Waals surface area contributed by atoms with Gasteiger partial charge in [0.05, 0.1) is 0 Å². The van der Waals surface area contributed by atoms with E-state index < -0.39 is 0 Å². The van der Waals surface area contributed by atoms with Crippen molar-refractivity contribution in [2.24, 2.45) is 0 Å². The van der Waals surface area contributed by atoms with E-state index in [1.165, 1.54) is 71.3 Å². The first-order chi connectivity index (χ1) is 18.9. The van der Waals surface area contributed by atoms with Crippen LogP contribution >= 0.6 is 11.6 Å². The molecule has 1 heteroatoms. The van der Waals surface area contributed by atoms with E-state index in [1.807, 2.05) is 12.1 Å². The quantitative estimate of drug-likeness (QED) is 0.203. The van der Waals surface area contributed by atoms with E-state index in [1.54, 1.807) is 0 Å². The summed E-state index contributed by atoms with van der Waals surface area (Å²) in [6.45, 7) is 6.86. The molecule has 0 radical (unpaired) electrons. The average molecular weight is 521 g/mol. The maximum atomic E-state index is 6.29. The Kier molecular flexibility index (Phi) is 5.51. The van der Waals surface area contributed by atoms with Gasteiger partial charge in [-0.25, -0.2) is 0 Å². The van der Waals surface area contributed by atoms with Crippen LogP contribution in [0.15, 0.2) is 121 Å². The number of hydrogen-bond donors (Lipinski definition) is 0. The van der Waals surface area contributed by atoms with Gasteiger partial charge in [-0.3, -0.25) is 0 Å². The summed E-state index contributed by atoms with van der Waals surface area (Å²) >= 11 is 6.29. The molecule has 188 valence electrons. The molecule has 7 aromatic rings. The average Bonchev–Trinajstić information content (AvgIpc) is 2.96. The first-order valence-corrected chi connectivity index (χ1v) is 13.9. The van der Waals surface area contributed by atoms with Gasteiger partial charge in [-0.2, -0.15) is 0 Å². The lowest BCUT2D eigenvalue weighted by molar-refractivity contribution is 0.591. The lowest BCUT2D eigenvalue weighted by Crippen LogP contribution is -2.10. The summed E-state index contributed by atoms with van der Waals surface area (Å²) in [6.07, 6.45) is 0. The van der Waals surface area contributed by atoms with Gasteiger partial charge in [-0.1, -0.05) is 136 Å². The smallest absolute Gasteiger partial charge is 0.0406 e. The van der Waals surface area contributed by atoms with E-state index in [0.29, 0.717) is 0 Å². The van der Waals surface area contributed by atoms with Crippen LogP contribution in [0.4, 0.5) is 0 Å². The van der Waals surface area contributed by atoms with Crippen LogP contribution in [0.3, 0.4) is 0 Å². The summed E-state index contributed by atoms with van der Waals surface area (Å²) in [4.78, 5) is 0. The zero-order valence-electron chi connectivity index (χ0n) is 22.4. The highest BCUT2D eigenvalue weighted by atomic mass is 35.5. The van der Waals surface area contributed by atoms with Crippen LogP contribution in [0.25, 0.3) is 65.7 Å². The number of hydrogen-bond acceptors (Lipinski definition) is 0. The van der Waals surface area contributed by atoms with Crippen molar-refractivity contribution in [3.63, 3.8) is 0 Å². The lowest BCUT2D eigenvalue weighted by Gasteiger charge is -2.23. The molecule has 0 aliphatic rings. The van der Waals surface area contributed by atoms with E-state index >= 15 is 0 Å². The van der Waals surface area contributed by atoms with E-state index in [2.05, 4.69) is 130 Å². The molecule has 39 heavy (non-hydrogen) atoms. The molecule has 0 saturated heterocycles. The Bertz CT molecular complexity index is 1940. The molecule has 0 amide bonds. The number of benzene rings is 7. The standard InChI is InChI=1S/C38H29Cl/c1-38(2,3)30-21-28-15-19-32-34(26-11-9-25(10-12-26)24-7-5-4-6-8-24)23-35(27-13-17-31(39)18-14-27)33-20-16-29(22-30)36(28)37(32)33/h4-23H,1-3H3. The van der Waals surface area contributed by atoms with Gasteiger partial charge in [0, 0.05) is 5.02 Å². The van der Waals surface area contributed by atoms with Gasteiger partial charge in [0.25, 0.3) is 0 Å². The van der Waals surface area contributed by atoms with Crippen molar-refractivity contribution in [3.8, 4) is 33.4 Å². The molecule has 0 heterocycles. The fourth-order valence-corrected chi connectivity index (χ4v) is 6.05. The summed E-state index contributed by atoms with van der Waals surface area (Å²) in [7, 11) is 0. The summed E-state index contributed by atoms with van der Waals surface area (Å²) in [5.41, 5.74) is 8.79. The third kappa shape index (κ3) is 4.08. The molecule has 0 N–H and O–H groups in total. The van der Waals surface area contributed by atoms with Crippen LogP contribution in [0, 0.1) is 0 Å². The Balaban J connectivity index is 1.53. The van der Waals surface area contributed by atoms with E-state index in [0.717, 1.165) is 5.02 Å². The van der Waals surface area contributed by atoms with Gasteiger partial charge in [0.2, 0.25) is 0 Å². The van der Waals surface area contributed by atoms with E-state index in [9.17, 15) is 0 Å². The van der Waals surface area contributed by atoms with E-state index in [-0.39, 0.29) is 5.41 Å². The largest absolute Gasteiger partial charge is 0.0843 e. The minimum atomic E-state index is 0.0879. The molecule has 0 unspecified atom stereocenters. The van der Waals surface area contributed by atoms with Crippen LogP contribution in [-0.2, 0) is 5.41 Å². The second kappa shape index (κ2) is 8.97. The van der Waals surface area contributed by atoms with Crippen LogP contribution in [0.1, 0.15) is 26.3 Å². The van der Waals surface area contributed by atoms with Crippen molar-refractivity contribution in [2.75, 3.05) is 0 Å². The molecule has 0 aromatic heterocycles. The minimum absolute atomic E-state index is 0.0879. The van der Waals surface area contributed by atoms with E-state index in [4.69, 9.17) is 11.6 Å². The first kappa shape index (κ1) is 23.9. The van der Waals surface area contributed by atoms with Crippen molar-refractivity contribution >= 4 is 43.9 Å². The molecule has 0 saturated carbocycles. The SMILES string of the molecule is CC(C)(C)c1cc2ccc3c(-c4ccc(Cl)cc4)cc(-c4ccc(-c5ccccc5)cc4)c4ccc(c1)c2c34. The van der Waals surface area contributed by atoms with Gasteiger partial charge >= 0.3 is 0 Å². The maximum absolute atomic E-state index is 6.29. The molecule has 0 fully saturated rings. The van der Waals surface area contributed by atoms with Crippen molar-refractivity contribution in [2.45, 2.75) is 26.2 Å². The molecule has 0 nitrogen and oxygen atoms in total. The molecule has 0 bridgehead atoms. The van der Waals surface area contributed by atoms with Gasteiger partial charge in [0.1, 0.15) is 0 Å². The second-order valence-corrected chi connectivity index (χ2v) is 12.0. The molecule has 0 spiro atoms. The fraction of sp³-hybridized carbons (Fsp3) is 0.105. The van der Waals surface area contributed by atoms with Crippen molar-refractivity contribution in [1.29, 1.82) is 0 Å². The topological polar surface area (TPSA) is 0 Å². The van der Waals surface area contributed by atoms with Crippen LogP contribution in [0.5, 0.6) is 0 Å². The molecule has 0 atom stereocenters. The van der Waals surface area contributed by atoms with Gasteiger partial charge in [0.15, 0.2) is 0 Å². The van der Waals surface area contributed by atoms with Gasteiger partial charge in [-0.15, -0.1) is 0 Å². The summed E-state index contributed by atoms with van der Waals surface area (Å²) in [5.74, 6) is 0. The number of rotatable bonds is 3. The Morgan fingerprint density at radius 1 is 0.462 bits per heavy atom. The van der Waals surface area contributed by atoms with Crippen LogP contribution in [0.2, 0.25) is 5.02 Å². The Hall–Kier alpha value is -4.13. The number of halogens is 1. The highest BCUT2D eigenvalue weighted by Crippen LogP contribution is 2.45. The zero-order valence-corrected chi connectivity index (χ0v) is 23.2. The Morgan fingerprint density at radius 2 is 0.949 bits per heavy atom. The predicted molar refractivity (Wildman–Crippen MR) is 170 cm³/mol. The summed E-state index contributed by atoms with van der Waals surface area (Å²) in [5, 5.41) is 8.59. The molecule has 0 aliphatic heterocycles. The van der Waals surface area contributed by atoms with Crippen LogP contribution in [-0.4, -0.2) is 0 Å². The Labute approximate surface area is 234 Å². The lowest BCUT2D eigenvalue weighted by atomic mass is 9.81. The van der Waals surface area contributed by atoms with Gasteiger partial charge < -0.3 is 0 Å².